The van der Waals surface area contributed by atoms with Crippen molar-refractivity contribution >= 4 is 9.84 Å². The molecule has 0 saturated heterocycles. The molecule has 0 aliphatic carbocycles. The molecule has 0 amide bonds. The molecule has 0 aliphatic rings. The van der Waals surface area contributed by atoms with Gasteiger partial charge in [0.2, 0.25) is 0 Å². The lowest BCUT2D eigenvalue weighted by Gasteiger charge is -2.05. The fourth-order valence-electron chi connectivity index (χ4n) is 1.71. The zero-order valence-corrected chi connectivity index (χ0v) is 11.7. The Labute approximate surface area is 113 Å². The van der Waals surface area contributed by atoms with E-state index in [1.165, 1.54) is 0 Å². The molecule has 2 aromatic rings. The highest BCUT2D eigenvalue weighted by Gasteiger charge is 2.15. The first-order chi connectivity index (χ1) is 9.01. The molecule has 19 heavy (non-hydrogen) atoms. The van der Waals surface area contributed by atoms with Crippen LogP contribution in [0.5, 0.6) is 5.75 Å². The Hall–Kier alpha value is -1.88. The van der Waals surface area contributed by atoms with E-state index in [0.29, 0.717) is 10.6 Å². The summed E-state index contributed by atoms with van der Waals surface area (Å²) in [5.41, 5.74) is 0.772. The molecule has 0 bridgehead atoms. The first-order valence-electron chi connectivity index (χ1n) is 5.82. The van der Waals surface area contributed by atoms with E-state index in [0.717, 1.165) is 5.56 Å². The summed E-state index contributed by atoms with van der Waals surface area (Å²) < 4.78 is 31.4. The molecule has 5 heteroatoms. The van der Waals surface area contributed by atoms with Gasteiger partial charge in [0.05, 0.1) is 17.8 Å². The fraction of sp³-hybridized carbons (Fsp3) is 0.214. The second-order valence-electron chi connectivity index (χ2n) is 4.31. The fourth-order valence-corrected chi connectivity index (χ4v) is 3.06. The van der Waals surface area contributed by atoms with Gasteiger partial charge in [-0.25, -0.2) is 13.0 Å². The van der Waals surface area contributed by atoms with Crippen molar-refractivity contribution < 1.29 is 17.7 Å². The maximum atomic E-state index is 12.2. The highest BCUT2D eigenvalue weighted by atomic mass is 32.2. The van der Waals surface area contributed by atoms with Crippen molar-refractivity contribution in [3.8, 4) is 5.75 Å². The number of aryl methyl sites for hydroxylation is 1. The third-order valence-electron chi connectivity index (χ3n) is 2.82. The summed E-state index contributed by atoms with van der Waals surface area (Å²) in [6, 6.07) is 10.0. The highest BCUT2D eigenvalue weighted by Crippen LogP contribution is 2.19. The summed E-state index contributed by atoms with van der Waals surface area (Å²) in [6.07, 6.45) is 3.66. The Morgan fingerprint density at radius 1 is 1.05 bits per heavy atom. The number of hydrogen-bond acceptors (Lipinski definition) is 3. The minimum Gasteiger partial charge on any atom is -0.497 e. The van der Waals surface area contributed by atoms with Crippen molar-refractivity contribution in [2.45, 2.75) is 10.6 Å². The van der Waals surface area contributed by atoms with E-state index in [1.54, 1.807) is 43.5 Å². The lowest BCUT2D eigenvalue weighted by molar-refractivity contribution is -0.671. The third-order valence-corrected chi connectivity index (χ3v) is 4.53. The van der Waals surface area contributed by atoms with Crippen LogP contribution in [0.15, 0.2) is 53.7 Å². The molecule has 1 aromatic heterocycles. The van der Waals surface area contributed by atoms with Crippen molar-refractivity contribution in [2.24, 2.45) is 7.05 Å². The van der Waals surface area contributed by atoms with Crippen LogP contribution in [0.2, 0.25) is 0 Å². The number of aromatic nitrogens is 1. The van der Waals surface area contributed by atoms with E-state index < -0.39 is 9.84 Å². The second-order valence-corrected chi connectivity index (χ2v) is 6.30. The maximum Gasteiger partial charge on any atom is 0.182 e. The quantitative estimate of drug-likeness (QED) is 0.796. The maximum absolute atomic E-state index is 12.2. The number of pyridine rings is 1. The molecule has 0 saturated carbocycles. The van der Waals surface area contributed by atoms with Gasteiger partial charge in [-0.1, -0.05) is 0 Å². The standard InChI is InChI=1S/C14H16NO3S/c1-15-9-7-12(8-10-15)11-19(16,17)14-5-3-13(18-2)4-6-14/h3-10H,11H2,1-2H3/q+1. The Morgan fingerprint density at radius 3 is 2.16 bits per heavy atom. The predicted molar refractivity (Wildman–Crippen MR) is 71.5 cm³/mol. The summed E-state index contributed by atoms with van der Waals surface area (Å²) >= 11 is 0. The summed E-state index contributed by atoms with van der Waals surface area (Å²) in [5.74, 6) is 0.644. The van der Waals surface area contributed by atoms with Gasteiger partial charge in [0.1, 0.15) is 12.8 Å². The Morgan fingerprint density at radius 2 is 1.63 bits per heavy atom. The lowest BCUT2D eigenvalue weighted by Crippen LogP contribution is -2.26. The summed E-state index contributed by atoms with van der Waals surface area (Å²) in [4.78, 5) is 0.307. The molecule has 0 fully saturated rings. The Balaban J connectivity index is 2.24. The highest BCUT2D eigenvalue weighted by molar-refractivity contribution is 7.90. The molecule has 0 spiro atoms. The van der Waals surface area contributed by atoms with Crippen LogP contribution in [0.25, 0.3) is 0 Å². The van der Waals surface area contributed by atoms with E-state index in [4.69, 9.17) is 4.74 Å². The molecule has 4 nitrogen and oxygen atoms in total. The molecule has 100 valence electrons. The van der Waals surface area contributed by atoms with Gasteiger partial charge in [-0.3, -0.25) is 0 Å². The molecule has 2 rings (SSSR count). The average molecular weight is 278 g/mol. The number of methoxy groups -OCH3 is 1. The van der Waals surface area contributed by atoms with E-state index in [2.05, 4.69) is 0 Å². The van der Waals surface area contributed by atoms with Gasteiger partial charge in [0, 0.05) is 12.1 Å². The van der Waals surface area contributed by atoms with Crippen LogP contribution in [0.4, 0.5) is 0 Å². The van der Waals surface area contributed by atoms with E-state index >= 15 is 0 Å². The Kier molecular flexibility index (Phi) is 3.85. The minimum absolute atomic E-state index is 0.000167. The van der Waals surface area contributed by atoms with Gasteiger partial charge in [-0.2, -0.15) is 0 Å². The molecule has 0 N–H and O–H groups in total. The molecule has 0 atom stereocenters. The van der Waals surface area contributed by atoms with Gasteiger partial charge in [0.15, 0.2) is 22.2 Å². The van der Waals surface area contributed by atoms with Crippen LogP contribution in [0.1, 0.15) is 5.56 Å². The molecular weight excluding hydrogens is 262 g/mol. The number of nitrogens with zero attached hydrogens (tertiary/aromatic N) is 1. The zero-order valence-electron chi connectivity index (χ0n) is 10.9. The number of benzene rings is 1. The number of rotatable bonds is 4. The van der Waals surface area contributed by atoms with Crippen molar-refractivity contribution in [2.75, 3.05) is 7.11 Å². The van der Waals surface area contributed by atoms with Crippen LogP contribution < -0.4 is 9.30 Å². The monoisotopic (exact) mass is 278 g/mol. The van der Waals surface area contributed by atoms with E-state index in [-0.39, 0.29) is 5.75 Å². The van der Waals surface area contributed by atoms with Crippen LogP contribution in [-0.4, -0.2) is 15.5 Å². The molecule has 0 aliphatic heterocycles. The molecule has 0 radical (unpaired) electrons. The molecule has 0 unspecified atom stereocenters. The second kappa shape index (κ2) is 5.40. The van der Waals surface area contributed by atoms with Gasteiger partial charge >= 0.3 is 0 Å². The van der Waals surface area contributed by atoms with Crippen LogP contribution in [-0.2, 0) is 22.6 Å². The van der Waals surface area contributed by atoms with Crippen molar-refractivity contribution in [1.82, 2.24) is 0 Å². The third kappa shape index (κ3) is 3.32. The lowest BCUT2D eigenvalue weighted by atomic mass is 10.3. The van der Waals surface area contributed by atoms with Crippen molar-refractivity contribution in [3.63, 3.8) is 0 Å². The van der Waals surface area contributed by atoms with Gasteiger partial charge in [-0.05, 0) is 29.8 Å². The largest absolute Gasteiger partial charge is 0.497 e. The van der Waals surface area contributed by atoms with E-state index in [9.17, 15) is 8.42 Å². The predicted octanol–water partition coefficient (Wildman–Crippen LogP) is 1.49. The first-order valence-corrected chi connectivity index (χ1v) is 7.47. The number of sulfone groups is 1. The zero-order chi connectivity index (χ0) is 13.9. The number of ether oxygens (including phenoxy) is 1. The van der Waals surface area contributed by atoms with Crippen LogP contribution >= 0.6 is 0 Å². The topological polar surface area (TPSA) is 47.3 Å². The first kappa shape index (κ1) is 13.5. The van der Waals surface area contributed by atoms with Gasteiger partial charge < -0.3 is 4.74 Å². The summed E-state index contributed by atoms with van der Waals surface area (Å²) in [5, 5.41) is 0. The minimum atomic E-state index is -3.32. The normalized spacial score (nSPS) is 11.3. The summed E-state index contributed by atoms with van der Waals surface area (Å²) in [7, 11) is 0.124. The smallest absolute Gasteiger partial charge is 0.182 e. The molecule has 1 heterocycles. The van der Waals surface area contributed by atoms with Gasteiger partial charge in [-0.15, -0.1) is 0 Å². The van der Waals surface area contributed by atoms with Gasteiger partial charge in [0.25, 0.3) is 0 Å². The molecule has 1 aromatic carbocycles. The van der Waals surface area contributed by atoms with Crippen LogP contribution in [0.3, 0.4) is 0 Å². The summed E-state index contributed by atoms with van der Waals surface area (Å²) in [6.45, 7) is 0. The average Bonchev–Trinajstić information content (AvgIpc) is 2.41. The number of hydrogen-bond donors (Lipinski definition) is 0. The Bertz CT molecular complexity index is 646. The van der Waals surface area contributed by atoms with Crippen LogP contribution in [0, 0.1) is 0 Å². The van der Waals surface area contributed by atoms with Crippen molar-refractivity contribution in [3.05, 3.63) is 54.4 Å². The molecular formula is C14H16NO3S+. The van der Waals surface area contributed by atoms with E-state index in [1.807, 2.05) is 24.0 Å². The SMILES string of the molecule is COc1ccc(S(=O)(=O)Cc2cc[n+](C)cc2)cc1. The van der Waals surface area contributed by atoms with Crippen molar-refractivity contribution in [1.29, 1.82) is 0 Å².